The molecule has 0 radical (unpaired) electrons. The van der Waals surface area contributed by atoms with E-state index in [4.69, 9.17) is 0 Å². The van der Waals surface area contributed by atoms with Crippen LogP contribution in [0, 0.1) is 0 Å². The molecule has 0 atom stereocenters. The quantitative estimate of drug-likeness (QED) is 0.0737. The van der Waals surface area contributed by atoms with E-state index in [0.717, 1.165) is 0 Å². The molecule has 0 heterocycles. The van der Waals surface area contributed by atoms with E-state index in [1.165, 1.54) is 202 Å². The average molecular weight is 610 g/mol. The summed E-state index contributed by atoms with van der Waals surface area (Å²) in [7, 11) is 9.85. The van der Waals surface area contributed by atoms with Crippen molar-refractivity contribution < 1.29 is 33.8 Å². The van der Waals surface area contributed by atoms with Gasteiger partial charge in [0.1, 0.15) is 0 Å². The lowest BCUT2D eigenvalue weighted by molar-refractivity contribution is -0.897. The zero-order valence-electron chi connectivity index (χ0n) is 28.9. The maximum absolute atomic E-state index is 2.46. The fourth-order valence-electron chi connectivity index (χ4n) is 6.06. The topological polar surface area (TPSA) is 0 Å². The van der Waals surface area contributed by atoms with Crippen LogP contribution in [0.5, 0.6) is 0 Å². The third-order valence-electron chi connectivity index (χ3n) is 9.01. The predicted octanol–water partition coefficient (Wildman–Crippen LogP) is 5.33. The van der Waals surface area contributed by atoms with Gasteiger partial charge < -0.3 is 33.8 Å². The van der Waals surface area contributed by atoms with Crippen molar-refractivity contribution in [3.8, 4) is 0 Å². The van der Waals surface area contributed by atoms with E-state index in [1.54, 1.807) is 0 Å². The summed E-state index contributed by atoms with van der Waals surface area (Å²) in [4.78, 5) is 0. The van der Waals surface area contributed by atoms with E-state index in [9.17, 15) is 0 Å². The molecule has 0 aromatic heterocycles. The van der Waals surface area contributed by atoms with Crippen molar-refractivity contribution in [2.45, 2.75) is 181 Å². The maximum Gasteiger partial charge on any atom is 0.0784 e. The van der Waals surface area contributed by atoms with Crippen LogP contribution in [0.4, 0.5) is 0 Å². The molecule has 246 valence electrons. The molecule has 0 saturated heterocycles. The Hall–Kier alpha value is 0.500. The summed E-state index contributed by atoms with van der Waals surface area (Å²) in [5, 5.41) is 0. The van der Waals surface area contributed by atoms with Crippen LogP contribution in [0.2, 0.25) is 0 Å². The van der Waals surface area contributed by atoms with Crippen molar-refractivity contribution >= 4 is 0 Å². The number of rotatable bonds is 31. The lowest BCUT2D eigenvalue weighted by Crippen LogP contribution is -3.00. The molecule has 0 N–H and O–H groups in total. The third-order valence-corrected chi connectivity index (χ3v) is 9.01. The number of hydrogen-bond acceptors (Lipinski definition) is 0. The molecule has 0 saturated carbocycles. The molecule has 0 fully saturated rings. The molecular weight excluding hydrogens is 531 g/mol. The van der Waals surface area contributed by atoms with E-state index in [-0.39, 0.29) is 24.8 Å². The van der Waals surface area contributed by atoms with Crippen molar-refractivity contribution in [1.82, 2.24) is 0 Å². The van der Waals surface area contributed by atoms with Crippen LogP contribution in [0.1, 0.15) is 181 Å². The molecule has 0 rings (SSSR count). The number of quaternary nitrogens is 2. The Bertz CT molecular complexity index is 426. The van der Waals surface area contributed by atoms with E-state index in [1.807, 2.05) is 0 Å². The fourth-order valence-corrected chi connectivity index (χ4v) is 6.06. The van der Waals surface area contributed by atoms with Gasteiger partial charge in [0.2, 0.25) is 0 Å². The van der Waals surface area contributed by atoms with E-state index >= 15 is 0 Å². The molecule has 4 heteroatoms. The van der Waals surface area contributed by atoms with Gasteiger partial charge in [-0.3, -0.25) is 0 Å². The molecule has 0 bridgehead atoms. The lowest BCUT2D eigenvalue weighted by Gasteiger charge is -2.32. The molecule has 0 amide bonds. The molecule has 2 nitrogen and oxygen atoms in total. The molecule has 0 aliphatic rings. The first-order valence-electron chi connectivity index (χ1n) is 18.0. The Morgan fingerprint density at radius 3 is 0.600 bits per heavy atom. The van der Waals surface area contributed by atoms with Gasteiger partial charge in [-0.1, -0.05) is 142 Å². The zero-order chi connectivity index (χ0) is 28.2. The van der Waals surface area contributed by atoms with E-state index < -0.39 is 0 Å². The molecule has 0 aromatic rings. The van der Waals surface area contributed by atoms with Gasteiger partial charge in [-0.05, 0) is 25.7 Å². The Balaban J connectivity index is -0.00000684. The summed E-state index contributed by atoms with van der Waals surface area (Å²) < 4.78 is 2.45. The highest BCUT2D eigenvalue weighted by Crippen LogP contribution is 2.15. The van der Waals surface area contributed by atoms with Gasteiger partial charge in [-0.2, -0.15) is 0 Å². The van der Waals surface area contributed by atoms with E-state index in [2.05, 4.69) is 42.0 Å². The monoisotopic (exact) mass is 609 g/mol. The fraction of sp³-hybridized carbons (Fsp3) is 1.00. The Morgan fingerprint density at radius 2 is 0.400 bits per heavy atom. The number of nitrogens with zero attached hydrogens (tertiary/aromatic N) is 2. The molecule has 40 heavy (non-hydrogen) atoms. The van der Waals surface area contributed by atoms with Crippen LogP contribution < -0.4 is 24.8 Å². The summed E-state index contributed by atoms with van der Waals surface area (Å²) in [6.45, 7) is 10.1. The molecule has 0 aliphatic heterocycles. The first-order chi connectivity index (χ1) is 18.3. The Morgan fingerprint density at radius 1 is 0.250 bits per heavy atom. The van der Waals surface area contributed by atoms with Crippen LogP contribution in [-0.2, 0) is 0 Å². The van der Waals surface area contributed by atoms with Gasteiger partial charge in [0, 0.05) is 12.8 Å². The third kappa shape index (κ3) is 34.7. The Kier molecular flexibility index (Phi) is 36.4. The smallest absolute Gasteiger partial charge is 0.0784 e. The molecule has 0 aliphatic carbocycles. The first kappa shape index (κ1) is 44.9. The summed E-state index contributed by atoms with van der Waals surface area (Å²) in [6, 6.07) is 0. The standard InChI is InChI=1S/C36H78N2.2ClH/c1-7-9-11-13-15-17-19-21-23-25-27-29-33-37(3,4)35-31-32-36-38(5,6)34-30-28-26-24-22-20-18-16-14-12-10-8-2;;/h7-36H2,1-6H3;2*1H/q+2;;/p-2. The average Bonchev–Trinajstić information content (AvgIpc) is 2.88. The van der Waals surface area contributed by atoms with Crippen LogP contribution in [0.15, 0.2) is 0 Å². The second-order valence-electron chi connectivity index (χ2n) is 14.3. The second kappa shape index (κ2) is 32.4. The van der Waals surface area contributed by atoms with Crippen LogP contribution >= 0.6 is 0 Å². The van der Waals surface area contributed by atoms with Crippen molar-refractivity contribution in [2.75, 3.05) is 54.4 Å². The lowest BCUT2D eigenvalue weighted by atomic mass is 10.0. The molecule has 0 aromatic carbocycles. The molecule has 0 unspecified atom stereocenters. The normalized spacial score (nSPS) is 11.8. The first-order valence-corrected chi connectivity index (χ1v) is 18.0. The van der Waals surface area contributed by atoms with Gasteiger partial charge in [0.15, 0.2) is 0 Å². The highest BCUT2D eigenvalue weighted by atomic mass is 35.5. The van der Waals surface area contributed by atoms with Crippen LogP contribution in [0.25, 0.3) is 0 Å². The van der Waals surface area contributed by atoms with Gasteiger partial charge >= 0.3 is 0 Å². The summed E-state index contributed by atoms with van der Waals surface area (Å²) in [5.41, 5.74) is 0. The van der Waals surface area contributed by atoms with Gasteiger partial charge in [0.05, 0.1) is 54.4 Å². The minimum absolute atomic E-state index is 0. The van der Waals surface area contributed by atoms with Gasteiger partial charge in [-0.15, -0.1) is 0 Å². The minimum Gasteiger partial charge on any atom is -1.00 e. The van der Waals surface area contributed by atoms with E-state index in [0.29, 0.717) is 0 Å². The van der Waals surface area contributed by atoms with Crippen molar-refractivity contribution in [3.05, 3.63) is 0 Å². The number of halogens is 2. The minimum atomic E-state index is 0. The van der Waals surface area contributed by atoms with Crippen LogP contribution in [-0.4, -0.2) is 63.3 Å². The summed E-state index contributed by atoms with van der Waals surface area (Å²) in [5.74, 6) is 0. The summed E-state index contributed by atoms with van der Waals surface area (Å²) in [6.07, 6.45) is 37.6. The highest BCUT2D eigenvalue weighted by molar-refractivity contribution is 4.51. The number of unbranched alkanes of at least 4 members (excludes halogenated alkanes) is 23. The van der Waals surface area contributed by atoms with Crippen LogP contribution in [0.3, 0.4) is 0 Å². The van der Waals surface area contributed by atoms with Gasteiger partial charge in [-0.25, -0.2) is 0 Å². The van der Waals surface area contributed by atoms with Crippen molar-refractivity contribution in [3.63, 3.8) is 0 Å². The maximum atomic E-state index is 2.46. The second-order valence-corrected chi connectivity index (χ2v) is 14.3. The molecule has 0 spiro atoms. The predicted molar refractivity (Wildman–Crippen MR) is 175 cm³/mol. The largest absolute Gasteiger partial charge is 1.00 e. The zero-order valence-corrected chi connectivity index (χ0v) is 30.4. The Labute approximate surface area is 268 Å². The highest BCUT2D eigenvalue weighted by Gasteiger charge is 2.17. The number of hydrogen-bond donors (Lipinski definition) is 0. The van der Waals surface area contributed by atoms with Gasteiger partial charge in [0.25, 0.3) is 0 Å². The van der Waals surface area contributed by atoms with Crippen molar-refractivity contribution in [1.29, 1.82) is 0 Å². The van der Waals surface area contributed by atoms with Crippen molar-refractivity contribution in [2.24, 2.45) is 0 Å². The SMILES string of the molecule is CCCCCCCCCCCCCC[N+](C)(C)CCCC[N+](C)(C)CCCCCCCCCCCCCC.[Cl-].[Cl-]. The molecular formula is C36H78Cl2N2. The summed E-state index contributed by atoms with van der Waals surface area (Å²) >= 11 is 0.